The molecule has 4 rings (SSSR count). The first kappa shape index (κ1) is 33.3. The molecule has 2 heterocycles. The summed E-state index contributed by atoms with van der Waals surface area (Å²) in [6.07, 6.45) is 8.61. The smallest absolute Gasteiger partial charge is 0.247 e. The van der Waals surface area contributed by atoms with Gasteiger partial charge in [0.15, 0.2) is 0 Å². The van der Waals surface area contributed by atoms with Crippen LogP contribution >= 0.6 is 12.4 Å². The number of nitrogens with one attached hydrogen (secondary N) is 4. The van der Waals surface area contributed by atoms with Crippen LogP contribution in [0.2, 0.25) is 0 Å². The fourth-order valence-electron chi connectivity index (χ4n) is 5.64. The van der Waals surface area contributed by atoms with Gasteiger partial charge in [-0.25, -0.2) is 9.97 Å². The Morgan fingerprint density at radius 2 is 1.76 bits per heavy atom. The van der Waals surface area contributed by atoms with Crippen LogP contribution in [0.4, 0.5) is 11.5 Å². The highest BCUT2D eigenvalue weighted by atomic mass is 35.5. The van der Waals surface area contributed by atoms with E-state index in [9.17, 15) is 14.4 Å². The van der Waals surface area contributed by atoms with Crippen LogP contribution in [0.1, 0.15) is 72.6 Å². The minimum absolute atomic E-state index is 0. The average Bonchev–Trinajstić information content (AvgIpc) is 3.45. The van der Waals surface area contributed by atoms with Gasteiger partial charge in [0.1, 0.15) is 30.0 Å². The van der Waals surface area contributed by atoms with Gasteiger partial charge in [-0.15, -0.1) is 12.4 Å². The topological polar surface area (TPSA) is 138 Å². The number of hydrogen-bond acceptors (Lipinski definition) is 8. The number of anilines is 2. The second kappa shape index (κ2) is 14.3. The summed E-state index contributed by atoms with van der Waals surface area (Å²) in [6, 6.07) is 2.10. The quantitative estimate of drug-likeness (QED) is 0.339. The van der Waals surface area contributed by atoms with E-state index in [1.807, 2.05) is 26.8 Å². The molecule has 1 saturated heterocycles. The Morgan fingerprint density at radius 3 is 2.40 bits per heavy atom. The van der Waals surface area contributed by atoms with E-state index < -0.39 is 23.5 Å². The number of amides is 3. The zero-order valence-corrected chi connectivity index (χ0v) is 26.4. The Balaban J connectivity index is 0.00000484. The van der Waals surface area contributed by atoms with Crippen LogP contribution in [-0.4, -0.2) is 77.5 Å². The van der Waals surface area contributed by atoms with Gasteiger partial charge >= 0.3 is 0 Å². The molecule has 3 amide bonds. The Hall–Kier alpha value is -3.18. The zero-order valence-electron chi connectivity index (χ0n) is 25.6. The molecular weight excluding hydrogens is 558 g/mol. The van der Waals surface area contributed by atoms with Crippen molar-refractivity contribution in [3.8, 4) is 5.75 Å². The van der Waals surface area contributed by atoms with E-state index in [1.165, 1.54) is 25.6 Å². The Labute approximate surface area is 254 Å². The summed E-state index contributed by atoms with van der Waals surface area (Å²) in [5.41, 5.74) is 0.660. The Bertz CT molecular complexity index is 1260. The van der Waals surface area contributed by atoms with Gasteiger partial charge in [-0.3, -0.25) is 14.4 Å². The van der Waals surface area contributed by atoms with Crippen molar-refractivity contribution in [3.63, 3.8) is 0 Å². The highest BCUT2D eigenvalue weighted by Gasteiger charge is 2.42. The molecule has 0 radical (unpaired) electrons. The number of likely N-dealkylation sites (N-methyl/N-ethyl adjacent to an activating group) is 1. The van der Waals surface area contributed by atoms with E-state index in [0.29, 0.717) is 42.4 Å². The van der Waals surface area contributed by atoms with Gasteiger partial charge in [-0.2, -0.15) is 0 Å². The fraction of sp³-hybridized carbons (Fsp3) is 0.633. The predicted molar refractivity (Wildman–Crippen MR) is 167 cm³/mol. The van der Waals surface area contributed by atoms with Gasteiger partial charge in [0.2, 0.25) is 17.7 Å². The molecular formula is C30H46ClN7O4. The van der Waals surface area contributed by atoms with Gasteiger partial charge in [0.25, 0.3) is 0 Å². The van der Waals surface area contributed by atoms with Crippen molar-refractivity contribution in [1.29, 1.82) is 0 Å². The molecule has 232 valence electrons. The lowest BCUT2D eigenvalue weighted by Crippen LogP contribution is -2.59. The summed E-state index contributed by atoms with van der Waals surface area (Å²) in [6.45, 7) is 7.91. The van der Waals surface area contributed by atoms with Crippen LogP contribution in [0.25, 0.3) is 10.9 Å². The third-order valence-electron chi connectivity index (χ3n) is 8.22. The second-order valence-electron chi connectivity index (χ2n) is 12.3. The number of methoxy groups -OCH3 is 1. The first-order chi connectivity index (χ1) is 19.5. The Morgan fingerprint density at radius 1 is 1.05 bits per heavy atom. The maximum absolute atomic E-state index is 13.8. The maximum atomic E-state index is 13.8. The lowest BCUT2D eigenvalue weighted by Gasteiger charge is -2.36. The normalized spacial score (nSPS) is 19.0. The summed E-state index contributed by atoms with van der Waals surface area (Å²) >= 11 is 0. The zero-order chi connectivity index (χ0) is 29.7. The highest BCUT2D eigenvalue weighted by molar-refractivity contribution is 6.03. The minimum atomic E-state index is -0.778. The molecule has 0 spiro atoms. The van der Waals surface area contributed by atoms with Crippen molar-refractivity contribution in [2.24, 2.45) is 5.41 Å². The number of carbonyl (C=O) groups excluding carboxylic acids is 3. The van der Waals surface area contributed by atoms with Crippen LogP contribution in [0.3, 0.4) is 0 Å². The lowest BCUT2D eigenvalue weighted by atomic mass is 9.85. The largest absolute Gasteiger partial charge is 0.494 e. The van der Waals surface area contributed by atoms with Crippen LogP contribution in [-0.2, 0) is 14.4 Å². The second-order valence-corrected chi connectivity index (χ2v) is 12.3. The molecule has 1 aromatic carbocycles. The average molecular weight is 604 g/mol. The van der Waals surface area contributed by atoms with E-state index >= 15 is 0 Å². The van der Waals surface area contributed by atoms with Gasteiger partial charge < -0.3 is 30.9 Å². The molecule has 42 heavy (non-hydrogen) atoms. The molecule has 1 saturated carbocycles. The monoisotopic (exact) mass is 603 g/mol. The number of rotatable bonds is 9. The van der Waals surface area contributed by atoms with E-state index in [1.54, 1.807) is 32.0 Å². The number of carbonyl (C=O) groups is 3. The van der Waals surface area contributed by atoms with Gasteiger partial charge in [0.05, 0.1) is 24.4 Å². The van der Waals surface area contributed by atoms with Crippen molar-refractivity contribution in [1.82, 2.24) is 25.5 Å². The molecule has 1 aromatic heterocycles. The summed E-state index contributed by atoms with van der Waals surface area (Å²) in [4.78, 5) is 50.7. The molecule has 1 unspecified atom stereocenters. The number of fused-ring (bicyclic) bond motifs is 1. The van der Waals surface area contributed by atoms with Crippen LogP contribution in [0, 0.1) is 5.41 Å². The van der Waals surface area contributed by atoms with Crippen molar-refractivity contribution in [3.05, 3.63) is 18.5 Å². The Kier molecular flexibility index (Phi) is 11.4. The van der Waals surface area contributed by atoms with Gasteiger partial charge in [0, 0.05) is 24.0 Å². The molecule has 0 bridgehead atoms. The molecule has 11 nitrogen and oxygen atoms in total. The molecule has 12 heteroatoms. The third kappa shape index (κ3) is 7.60. The van der Waals surface area contributed by atoms with Crippen LogP contribution in [0.15, 0.2) is 18.5 Å². The van der Waals surface area contributed by atoms with E-state index in [0.717, 1.165) is 24.0 Å². The molecule has 2 aliphatic rings. The van der Waals surface area contributed by atoms with Crippen LogP contribution in [0.5, 0.6) is 5.75 Å². The third-order valence-corrected chi connectivity index (χ3v) is 8.22. The number of aromatic nitrogens is 2. The molecule has 1 aliphatic carbocycles. The van der Waals surface area contributed by atoms with Gasteiger partial charge in [-0.05, 0) is 51.1 Å². The molecule has 2 fully saturated rings. The maximum Gasteiger partial charge on any atom is 0.247 e. The summed E-state index contributed by atoms with van der Waals surface area (Å²) in [7, 11) is 3.24. The first-order valence-electron chi connectivity index (χ1n) is 14.7. The van der Waals surface area contributed by atoms with Crippen molar-refractivity contribution >= 4 is 52.5 Å². The molecule has 4 N–H and O–H groups in total. The summed E-state index contributed by atoms with van der Waals surface area (Å²) in [5.74, 6) is 0.392. The molecule has 1 aliphatic heterocycles. The number of likely N-dealkylation sites (tertiary alicyclic amines) is 1. The fourth-order valence-corrected chi connectivity index (χ4v) is 5.64. The first-order valence-corrected chi connectivity index (χ1v) is 14.7. The van der Waals surface area contributed by atoms with Crippen molar-refractivity contribution in [2.45, 2.75) is 96.8 Å². The number of nitrogens with zero attached hydrogens (tertiary/aromatic N) is 3. The summed E-state index contributed by atoms with van der Waals surface area (Å²) < 4.78 is 5.61. The van der Waals surface area contributed by atoms with E-state index in [2.05, 4.69) is 31.2 Å². The van der Waals surface area contributed by atoms with Crippen molar-refractivity contribution in [2.75, 3.05) is 31.3 Å². The lowest BCUT2D eigenvalue weighted by molar-refractivity contribution is -0.143. The standard InChI is InChI=1S/C30H45N7O4.ClH/c1-18(31-5)27(38)36-25(30(2,3)4)29(40)37-14-10-13-23(37)28(39)35-22-15-20-21(16-24(22)41-6)32-17-33-26(20)34-19-11-8-7-9-12-19;/h15-19,23,25,31H,7-14H2,1-6H3,(H,35,39)(H,36,38)(H,32,33,34);1H/t18-,23?,25+;/m0./s1. The minimum Gasteiger partial charge on any atom is -0.494 e. The van der Waals surface area contributed by atoms with Crippen LogP contribution < -0.4 is 26.0 Å². The van der Waals surface area contributed by atoms with E-state index in [4.69, 9.17) is 4.74 Å². The summed E-state index contributed by atoms with van der Waals surface area (Å²) in [5, 5.41) is 13.2. The van der Waals surface area contributed by atoms with Crippen molar-refractivity contribution < 1.29 is 19.1 Å². The number of benzene rings is 1. The van der Waals surface area contributed by atoms with E-state index in [-0.39, 0.29) is 30.1 Å². The predicted octanol–water partition coefficient (Wildman–Crippen LogP) is 3.87. The SMILES string of the molecule is CN[C@@H](C)C(=O)N[C@H](C(=O)N1CCCC1C(=O)Nc1cc2c(NC3CCCCC3)ncnc2cc1OC)C(C)(C)C.Cl. The number of ether oxygens (including phenoxy) is 1. The molecule has 3 atom stereocenters. The van der Waals surface area contributed by atoms with Gasteiger partial charge in [-0.1, -0.05) is 40.0 Å². The highest BCUT2D eigenvalue weighted by Crippen LogP contribution is 2.34. The number of halogens is 1. The molecule has 2 aromatic rings. The number of hydrogen-bond donors (Lipinski definition) is 4.